The second-order valence-corrected chi connectivity index (χ2v) is 8.07. The molecule has 164 valence electrons. The molecule has 0 radical (unpaired) electrons. The minimum Gasteiger partial charge on any atom is -0.481 e. The lowest BCUT2D eigenvalue weighted by atomic mass is 9.91. The van der Waals surface area contributed by atoms with E-state index in [1.54, 1.807) is 19.3 Å². The molecule has 0 aliphatic carbocycles. The third kappa shape index (κ3) is 6.44. The van der Waals surface area contributed by atoms with E-state index in [0.717, 1.165) is 55.7 Å². The number of carboxylic acids is 1. The van der Waals surface area contributed by atoms with Crippen LogP contribution in [0.15, 0.2) is 25.0 Å². The van der Waals surface area contributed by atoms with Gasteiger partial charge >= 0.3 is 5.97 Å². The number of anilines is 1. The lowest BCUT2D eigenvalue weighted by molar-refractivity contribution is -0.137. The van der Waals surface area contributed by atoms with E-state index in [4.69, 9.17) is 4.98 Å². The molecule has 0 bridgehead atoms. The summed E-state index contributed by atoms with van der Waals surface area (Å²) in [7, 11) is 0. The number of pyridine rings is 1. The molecule has 2 aromatic heterocycles. The van der Waals surface area contributed by atoms with Gasteiger partial charge in [0, 0.05) is 37.7 Å². The van der Waals surface area contributed by atoms with Crippen LogP contribution in [0.3, 0.4) is 0 Å². The average molecular weight is 423 g/mol. The number of unbranched alkanes of at least 4 members (excludes halogenated alkanes) is 1. The van der Waals surface area contributed by atoms with Gasteiger partial charge in [0.25, 0.3) is 0 Å². The van der Waals surface area contributed by atoms with Crippen LogP contribution in [0.25, 0.3) is 6.08 Å². The predicted octanol–water partition coefficient (Wildman–Crippen LogP) is 4.11. The van der Waals surface area contributed by atoms with Crippen molar-refractivity contribution in [1.29, 1.82) is 0 Å². The fraction of sp³-hybridized carbons (Fsp3) is 0.458. The maximum atomic E-state index is 12.5. The summed E-state index contributed by atoms with van der Waals surface area (Å²) in [5.41, 5.74) is 4.01. The third-order valence-electron chi connectivity index (χ3n) is 5.64. The van der Waals surface area contributed by atoms with E-state index in [1.807, 2.05) is 6.08 Å². The zero-order valence-electron chi connectivity index (χ0n) is 18.1. The summed E-state index contributed by atoms with van der Waals surface area (Å²) in [4.78, 5) is 36.8. The van der Waals surface area contributed by atoms with Crippen molar-refractivity contribution >= 4 is 23.6 Å². The summed E-state index contributed by atoms with van der Waals surface area (Å²) in [6.07, 6.45) is 10.1. The van der Waals surface area contributed by atoms with E-state index in [0.29, 0.717) is 17.8 Å². The molecule has 0 fully saturated rings. The number of nitrogens with one attached hydrogen (secondary N) is 1. The molecule has 1 aliphatic heterocycles. The van der Waals surface area contributed by atoms with Crippen molar-refractivity contribution in [2.75, 3.05) is 11.9 Å². The number of ketones is 1. The molecule has 3 rings (SSSR count). The zero-order chi connectivity index (χ0) is 22.2. The number of carbonyl (C=O) groups excluding carboxylic acids is 1. The van der Waals surface area contributed by atoms with Crippen molar-refractivity contribution in [2.45, 2.75) is 64.2 Å². The van der Waals surface area contributed by atoms with Crippen LogP contribution in [0.5, 0.6) is 0 Å². The number of hydrogen-bond donors (Lipinski definition) is 2. The molecule has 0 unspecified atom stereocenters. The van der Waals surface area contributed by atoms with Crippen LogP contribution in [0.1, 0.15) is 72.7 Å². The number of aryl methyl sites for hydroxylation is 3. The lowest BCUT2D eigenvalue weighted by Crippen LogP contribution is -2.15. The minimum atomic E-state index is -0.928. The van der Waals surface area contributed by atoms with Gasteiger partial charge < -0.3 is 10.4 Å². The highest BCUT2D eigenvalue weighted by Gasteiger charge is 2.20. The van der Waals surface area contributed by atoms with Crippen molar-refractivity contribution in [1.82, 2.24) is 15.0 Å². The number of carbonyl (C=O) groups is 2. The maximum Gasteiger partial charge on any atom is 0.303 e. The van der Waals surface area contributed by atoms with E-state index in [9.17, 15) is 14.7 Å². The van der Waals surface area contributed by atoms with Gasteiger partial charge in [0.15, 0.2) is 0 Å². The molecule has 31 heavy (non-hydrogen) atoms. The molecule has 0 amide bonds. The Kier molecular flexibility index (Phi) is 7.87. The van der Waals surface area contributed by atoms with E-state index >= 15 is 0 Å². The van der Waals surface area contributed by atoms with Crippen molar-refractivity contribution in [3.63, 3.8) is 0 Å². The fourth-order valence-corrected chi connectivity index (χ4v) is 3.94. The lowest BCUT2D eigenvalue weighted by Gasteiger charge is -2.19. The number of aliphatic carboxylic acids is 1. The summed E-state index contributed by atoms with van der Waals surface area (Å²) in [6.45, 7) is 6.63. The topological polar surface area (TPSA) is 105 Å². The number of rotatable bonds is 11. The van der Waals surface area contributed by atoms with Gasteiger partial charge in [0.05, 0.1) is 12.1 Å². The Morgan fingerprint density at radius 2 is 2.03 bits per heavy atom. The predicted molar refractivity (Wildman–Crippen MR) is 120 cm³/mol. The molecule has 1 atom stereocenters. The van der Waals surface area contributed by atoms with Gasteiger partial charge in [-0.1, -0.05) is 12.7 Å². The molecule has 2 aromatic rings. The number of aromatic nitrogens is 3. The first-order valence-electron chi connectivity index (χ1n) is 10.9. The standard InChI is InChI=1S/C24H30N4O3/c1-3-17-11-18-7-6-10-25-24(18)28-22(17)9-5-4-8-21(29)12-19(13-23(30)31)20-14-26-16(2)27-15-20/h3,11,14-15,19H,1,4-10,12-13H2,2H3,(H,25,28)(H,30,31)/t19-/m0/s1. The SMILES string of the molecule is C=Cc1cc2c(nc1CCCCC(=O)C[C@@H](CC(=O)O)c1cnc(C)nc1)NCCC2. The van der Waals surface area contributed by atoms with E-state index in [-0.39, 0.29) is 18.6 Å². The van der Waals surface area contributed by atoms with Gasteiger partial charge in [-0.2, -0.15) is 0 Å². The molecule has 0 saturated carbocycles. The monoisotopic (exact) mass is 422 g/mol. The maximum absolute atomic E-state index is 12.5. The van der Waals surface area contributed by atoms with Gasteiger partial charge in [-0.05, 0) is 61.8 Å². The molecule has 0 spiro atoms. The van der Waals surface area contributed by atoms with Crippen LogP contribution in [0.2, 0.25) is 0 Å². The summed E-state index contributed by atoms with van der Waals surface area (Å²) in [5.74, 6) is 0.332. The molecular formula is C24H30N4O3. The molecule has 0 saturated heterocycles. The van der Waals surface area contributed by atoms with Crippen molar-refractivity contribution < 1.29 is 14.7 Å². The summed E-state index contributed by atoms with van der Waals surface area (Å²) in [5, 5.41) is 12.6. The largest absolute Gasteiger partial charge is 0.481 e. The molecule has 7 heteroatoms. The Labute approximate surface area is 183 Å². The second-order valence-electron chi connectivity index (χ2n) is 8.07. The molecule has 0 aromatic carbocycles. The van der Waals surface area contributed by atoms with Crippen molar-refractivity contribution in [3.8, 4) is 0 Å². The van der Waals surface area contributed by atoms with E-state index in [2.05, 4.69) is 27.9 Å². The first kappa shape index (κ1) is 22.6. The quantitative estimate of drug-likeness (QED) is 0.525. The normalized spacial score (nSPS) is 13.7. The number of Topliss-reactive ketones (excluding diaryl/α,β-unsaturated/α-hetero) is 1. The first-order valence-corrected chi connectivity index (χ1v) is 10.9. The highest BCUT2D eigenvalue weighted by Crippen LogP contribution is 2.26. The smallest absolute Gasteiger partial charge is 0.303 e. The fourth-order valence-electron chi connectivity index (χ4n) is 3.94. The van der Waals surface area contributed by atoms with E-state index in [1.165, 1.54) is 5.56 Å². The molecule has 7 nitrogen and oxygen atoms in total. The van der Waals surface area contributed by atoms with Crippen molar-refractivity contribution in [3.05, 3.63) is 53.2 Å². The zero-order valence-corrected chi connectivity index (χ0v) is 18.1. The molecule has 1 aliphatic rings. The Balaban J connectivity index is 1.53. The van der Waals surface area contributed by atoms with E-state index < -0.39 is 11.9 Å². The highest BCUT2D eigenvalue weighted by atomic mass is 16.4. The Morgan fingerprint density at radius 1 is 1.26 bits per heavy atom. The summed E-state index contributed by atoms with van der Waals surface area (Å²) in [6, 6.07) is 2.17. The van der Waals surface area contributed by atoms with Crippen LogP contribution in [0.4, 0.5) is 5.82 Å². The summed E-state index contributed by atoms with van der Waals surface area (Å²) < 4.78 is 0. The van der Waals surface area contributed by atoms with Gasteiger partial charge in [-0.15, -0.1) is 0 Å². The second kappa shape index (κ2) is 10.8. The number of hydrogen-bond acceptors (Lipinski definition) is 6. The van der Waals surface area contributed by atoms with Gasteiger partial charge in [-0.25, -0.2) is 15.0 Å². The first-order chi connectivity index (χ1) is 15.0. The highest BCUT2D eigenvalue weighted by molar-refractivity contribution is 5.80. The molecular weight excluding hydrogens is 392 g/mol. The minimum absolute atomic E-state index is 0.0656. The van der Waals surface area contributed by atoms with Gasteiger partial charge in [-0.3, -0.25) is 9.59 Å². The summed E-state index contributed by atoms with van der Waals surface area (Å²) >= 11 is 0. The molecule has 3 heterocycles. The Morgan fingerprint density at radius 3 is 2.74 bits per heavy atom. The Bertz CT molecular complexity index is 941. The molecule has 2 N–H and O–H groups in total. The van der Waals surface area contributed by atoms with Gasteiger partial charge in [0.1, 0.15) is 17.4 Å². The van der Waals surface area contributed by atoms with Crippen LogP contribution in [-0.4, -0.2) is 38.4 Å². The Hall–Kier alpha value is -3.09. The number of fused-ring (bicyclic) bond motifs is 1. The van der Waals surface area contributed by atoms with Crippen LogP contribution in [0, 0.1) is 6.92 Å². The van der Waals surface area contributed by atoms with Crippen molar-refractivity contribution in [2.24, 2.45) is 0 Å². The third-order valence-corrected chi connectivity index (χ3v) is 5.64. The number of nitrogens with zero attached hydrogens (tertiary/aromatic N) is 3. The van der Waals surface area contributed by atoms with Crippen LogP contribution < -0.4 is 5.32 Å². The van der Waals surface area contributed by atoms with Crippen LogP contribution in [-0.2, 0) is 22.4 Å². The van der Waals surface area contributed by atoms with Crippen LogP contribution >= 0.6 is 0 Å². The number of carboxylic acid groups (broad SMARTS) is 1. The van der Waals surface area contributed by atoms with Gasteiger partial charge in [0.2, 0.25) is 0 Å². The average Bonchev–Trinajstić information content (AvgIpc) is 2.76.